The Morgan fingerprint density at radius 1 is 0.542 bits per heavy atom. The molecular weight excluding hydrogens is 342 g/mol. The molecule has 0 aliphatic carbocycles. The molecule has 0 unspecified atom stereocenters. The summed E-state index contributed by atoms with van der Waals surface area (Å²) in [6.45, 7) is 17.9. The highest BCUT2D eigenvalue weighted by Crippen LogP contribution is 2.37. The number of nitrogens with zero attached hydrogens (tertiary/aromatic N) is 4. The molecule has 2 rings (SSSR count). The Morgan fingerprint density at radius 2 is 0.792 bits per heavy atom. The van der Waals surface area contributed by atoms with E-state index in [1.807, 2.05) is 26.7 Å². The summed E-state index contributed by atoms with van der Waals surface area (Å²) in [5.41, 5.74) is 0. The van der Waals surface area contributed by atoms with E-state index in [-0.39, 0.29) is 0 Å². The average molecular weight is 378 g/mol. The summed E-state index contributed by atoms with van der Waals surface area (Å²) in [5, 5.41) is 0. The third-order valence-corrected chi connectivity index (χ3v) is 6.91. The quantitative estimate of drug-likeness (QED) is 0.689. The minimum absolute atomic E-state index is 0.732. The van der Waals surface area contributed by atoms with E-state index in [2.05, 4.69) is 19.6 Å². The van der Waals surface area contributed by atoms with Crippen LogP contribution in [-0.4, -0.2) is 124 Å². The van der Waals surface area contributed by atoms with E-state index in [1.54, 1.807) is 0 Å². The summed E-state index contributed by atoms with van der Waals surface area (Å²) >= 11 is 0. The van der Waals surface area contributed by atoms with Gasteiger partial charge in [0.15, 0.2) is 0 Å². The first-order chi connectivity index (χ1) is 11.1. The van der Waals surface area contributed by atoms with Crippen molar-refractivity contribution in [3.8, 4) is 0 Å². The molecule has 0 amide bonds. The van der Waals surface area contributed by atoms with Gasteiger partial charge in [-0.15, -0.1) is 0 Å². The first-order valence-electron chi connectivity index (χ1n) is 9.08. The van der Waals surface area contributed by atoms with E-state index in [4.69, 9.17) is 0 Å². The van der Waals surface area contributed by atoms with Gasteiger partial charge in [0.25, 0.3) is 0 Å². The lowest BCUT2D eigenvalue weighted by molar-refractivity contribution is 0.196. The molecule has 2 bridgehead atoms. The van der Waals surface area contributed by atoms with Crippen LogP contribution in [0.3, 0.4) is 0 Å². The molecule has 24 heavy (non-hydrogen) atoms. The zero-order chi connectivity index (χ0) is 17.8. The summed E-state index contributed by atoms with van der Waals surface area (Å²) in [5.74, 6) is 0. The Hall–Kier alpha value is 0.300. The van der Waals surface area contributed by atoms with Crippen LogP contribution in [0.1, 0.15) is 0 Å². The zero-order valence-corrected chi connectivity index (χ0v) is 17.8. The molecule has 0 aromatic heterocycles. The second-order valence-electron chi connectivity index (χ2n) is 8.35. The molecule has 0 aromatic carbocycles. The van der Waals surface area contributed by atoms with Gasteiger partial charge < -0.3 is 9.13 Å². The first kappa shape index (κ1) is 20.6. The maximum Gasteiger partial charge on any atom is 0.0951 e. The van der Waals surface area contributed by atoms with Crippen molar-refractivity contribution in [2.45, 2.75) is 0 Å². The topological polar surface area (TPSA) is 47.1 Å². The van der Waals surface area contributed by atoms with Gasteiger partial charge in [-0.3, -0.25) is 19.6 Å². The van der Waals surface area contributed by atoms with Crippen LogP contribution < -0.4 is 0 Å². The SMILES string of the molecule is CP(C)(=O)CN1CCN2CCN(CC1)CCN(CP(C)(C)=O)CC2. The van der Waals surface area contributed by atoms with Gasteiger partial charge in [0.1, 0.15) is 0 Å². The lowest BCUT2D eigenvalue weighted by Crippen LogP contribution is -2.42. The molecule has 0 saturated carbocycles. The molecule has 2 fully saturated rings. The Kier molecular flexibility index (Phi) is 7.55. The lowest BCUT2D eigenvalue weighted by Gasteiger charge is -2.31. The van der Waals surface area contributed by atoms with Crippen LogP contribution in [0.2, 0.25) is 0 Å². The third kappa shape index (κ3) is 8.12. The molecule has 0 atom stereocenters. The van der Waals surface area contributed by atoms with E-state index < -0.39 is 14.3 Å². The summed E-state index contributed by atoms with van der Waals surface area (Å²) < 4.78 is 24.4. The third-order valence-electron chi connectivity index (χ3n) is 4.74. The summed E-state index contributed by atoms with van der Waals surface area (Å²) in [6.07, 6.45) is 1.46. The van der Waals surface area contributed by atoms with Crippen molar-refractivity contribution in [2.24, 2.45) is 0 Å². The van der Waals surface area contributed by atoms with Gasteiger partial charge in [-0.05, 0) is 26.7 Å². The van der Waals surface area contributed by atoms with Gasteiger partial charge in [-0.2, -0.15) is 0 Å². The maximum atomic E-state index is 12.2. The fraction of sp³-hybridized carbons (Fsp3) is 1.00. The molecule has 2 aliphatic rings. The van der Waals surface area contributed by atoms with Crippen molar-refractivity contribution in [2.75, 3.05) is 105 Å². The van der Waals surface area contributed by atoms with Crippen molar-refractivity contribution >= 4 is 14.3 Å². The van der Waals surface area contributed by atoms with Crippen LogP contribution in [0.15, 0.2) is 0 Å². The molecule has 142 valence electrons. The van der Waals surface area contributed by atoms with Gasteiger partial charge in [0.2, 0.25) is 0 Å². The van der Waals surface area contributed by atoms with Crippen molar-refractivity contribution in [3.05, 3.63) is 0 Å². The van der Waals surface area contributed by atoms with Crippen LogP contribution >= 0.6 is 14.3 Å². The minimum atomic E-state index is -2.02. The van der Waals surface area contributed by atoms with Gasteiger partial charge in [0, 0.05) is 65.4 Å². The predicted octanol–water partition coefficient (Wildman–Crippen LogP) is 1.38. The molecule has 0 spiro atoms. The monoisotopic (exact) mass is 378 g/mol. The molecule has 0 N–H and O–H groups in total. The summed E-state index contributed by atoms with van der Waals surface area (Å²) in [4.78, 5) is 9.82. The second kappa shape index (κ2) is 8.79. The molecule has 8 heteroatoms. The fourth-order valence-corrected chi connectivity index (χ4v) is 6.05. The van der Waals surface area contributed by atoms with Gasteiger partial charge in [-0.25, -0.2) is 0 Å². The number of hydrogen-bond acceptors (Lipinski definition) is 6. The lowest BCUT2D eigenvalue weighted by atomic mass is 10.4. The second-order valence-corrected chi connectivity index (χ2v) is 15.2. The van der Waals surface area contributed by atoms with E-state index in [9.17, 15) is 9.13 Å². The molecule has 0 aromatic rings. The standard InChI is InChI=1S/C16H36N4O2P2/c1-23(2,21)15-19-11-7-17-5-6-18(8-12-19)10-14-20(13-9-17)16-24(3,4)22/h5-16H2,1-4H3. The molecule has 2 heterocycles. The maximum absolute atomic E-state index is 12.2. The zero-order valence-electron chi connectivity index (χ0n) is 16.0. The predicted molar refractivity (Wildman–Crippen MR) is 105 cm³/mol. The van der Waals surface area contributed by atoms with Crippen LogP contribution in [-0.2, 0) is 9.13 Å². The van der Waals surface area contributed by atoms with Crippen LogP contribution in [0.4, 0.5) is 0 Å². The highest BCUT2D eigenvalue weighted by Gasteiger charge is 2.23. The highest BCUT2D eigenvalue weighted by molar-refractivity contribution is 7.62. The summed E-state index contributed by atoms with van der Waals surface area (Å²) in [7, 11) is -4.03. The first-order valence-corrected chi connectivity index (χ1v) is 14.7. The van der Waals surface area contributed by atoms with E-state index in [0.717, 1.165) is 78.0 Å². The van der Waals surface area contributed by atoms with Crippen LogP contribution in [0.5, 0.6) is 0 Å². The average Bonchev–Trinajstić information content (AvgIpc) is 2.56. The van der Waals surface area contributed by atoms with Crippen molar-refractivity contribution in [1.29, 1.82) is 0 Å². The van der Waals surface area contributed by atoms with E-state index in [1.165, 1.54) is 0 Å². The molecule has 2 saturated heterocycles. The number of fused-ring (bicyclic) bond motifs is 3. The fourth-order valence-electron chi connectivity index (χ4n) is 3.55. The number of hydrogen-bond donors (Lipinski definition) is 0. The van der Waals surface area contributed by atoms with E-state index in [0.29, 0.717) is 0 Å². The molecule has 2 aliphatic heterocycles. The van der Waals surface area contributed by atoms with Crippen molar-refractivity contribution in [1.82, 2.24) is 19.6 Å². The van der Waals surface area contributed by atoms with Crippen molar-refractivity contribution in [3.63, 3.8) is 0 Å². The largest absolute Gasteiger partial charge is 0.323 e. The van der Waals surface area contributed by atoms with Gasteiger partial charge >= 0.3 is 0 Å². The number of rotatable bonds is 4. The highest BCUT2D eigenvalue weighted by atomic mass is 31.2. The molecule has 6 nitrogen and oxygen atoms in total. The Balaban J connectivity index is 2.01. The van der Waals surface area contributed by atoms with Crippen LogP contribution in [0.25, 0.3) is 0 Å². The van der Waals surface area contributed by atoms with E-state index >= 15 is 0 Å². The van der Waals surface area contributed by atoms with Crippen LogP contribution in [0, 0.1) is 0 Å². The Labute approximate surface area is 148 Å². The Bertz CT molecular complexity index is 430. The smallest absolute Gasteiger partial charge is 0.0951 e. The summed E-state index contributed by atoms with van der Waals surface area (Å²) in [6, 6.07) is 0. The Morgan fingerprint density at radius 3 is 1.04 bits per heavy atom. The van der Waals surface area contributed by atoms with Gasteiger partial charge in [-0.1, -0.05) is 0 Å². The molecule has 0 radical (unpaired) electrons. The van der Waals surface area contributed by atoms with Gasteiger partial charge in [0.05, 0.1) is 26.9 Å². The molecular formula is C16H36N4O2P2. The minimum Gasteiger partial charge on any atom is -0.323 e. The van der Waals surface area contributed by atoms with Crippen molar-refractivity contribution < 1.29 is 9.13 Å². The normalized spacial score (nSPS) is 29.2.